The van der Waals surface area contributed by atoms with E-state index in [9.17, 15) is 13.6 Å². The van der Waals surface area contributed by atoms with E-state index in [4.69, 9.17) is 0 Å². The van der Waals surface area contributed by atoms with Crippen LogP contribution in [0, 0.1) is 5.21 Å². The Morgan fingerprint density at radius 1 is 1.14 bits per heavy atom. The maximum absolute atomic E-state index is 12.8. The normalized spacial score (nSPS) is 24.5. The molecule has 2 aromatic rings. The zero-order valence-electron chi connectivity index (χ0n) is 16.3. The second kappa shape index (κ2) is 7.37. The highest BCUT2D eigenvalue weighted by Gasteiger charge is 2.31. The molecule has 2 aromatic carbocycles. The topological polar surface area (TPSA) is 60.4 Å². The SMILES string of the molecule is C[N+]1([O-])CCCCC1CCN1c2ccccc2Sc2ccc(S(C)(=O)=O)cc21. The van der Waals surface area contributed by atoms with Crippen LogP contribution in [0.15, 0.2) is 57.2 Å². The van der Waals surface area contributed by atoms with E-state index < -0.39 is 9.84 Å². The summed E-state index contributed by atoms with van der Waals surface area (Å²) in [5.74, 6) is 0. The fourth-order valence-electron chi connectivity index (χ4n) is 4.24. The molecule has 0 amide bonds. The van der Waals surface area contributed by atoms with Crippen molar-refractivity contribution in [1.29, 1.82) is 0 Å². The highest BCUT2D eigenvalue weighted by atomic mass is 32.2. The van der Waals surface area contributed by atoms with Gasteiger partial charge in [-0.25, -0.2) is 8.42 Å². The van der Waals surface area contributed by atoms with Crippen molar-refractivity contribution in [3.05, 3.63) is 47.7 Å². The molecule has 2 aliphatic rings. The van der Waals surface area contributed by atoms with Crippen LogP contribution in [0.5, 0.6) is 0 Å². The Labute approximate surface area is 171 Å². The number of para-hydroxylation sites is 1. The smallest absolute Gasteiger partial charge is 0.175 e. The third-order valence-corrected chi connectivity index (χ3v) is 8.11. The number of sulfone groups is 1. The highest BCUT2D eigenvalue weighted by molar-refractivity contribution is 7.99. The lowest BCUT2D eigenvalue weighted by atomic mass is 9.99. The molecule has 2 aliphatic heterocycles. The molecule has 7 heteroatoms. The largest absolute Gasteiger partial charge is 0.633 e. The number of quaternary nitrogens is 1. The van der Waals surface area contributed by atoms with Gasteiger partial charge >= 0.3 is 0 Å². The van der Waals surface area contributed by atoms with Crippen LogP contribution < -0.4 is 4.90 Å². The number of piperidine rings is 1. The van der Waals surface area contributed by atoms with Crippen molar-refractivity contribution in [2.45, 2.75) is 46.4 Å². The van der Waals surface area contributed by atoms with Crippen molar-refractivity contribution >= 4 is 33.0 Å². The van der Waals surface area contributed by atoms with Crippen LogP contribution >= 0.6 is 11.8 Å². The van der Waals surface area contributed by atoms with Gasteiger partial charge in [0.05, 0.1) is 35.9 Å². The molecule has 0 aliphatic carbocycles. The second-order valence-corrected chi connectivity index (χ2v) is 11.1. The fourth-order valence-corrected chi connectivity index (χ4v) is 5.95. The number of hydrogen-bond donors (Lipinski definition) is 0. The molecule has 2 atom stereocenters. The predicted molar refractivity (Wildman–Crippen MR) is 114 cm³/mol. The van der Waals surface area contributed by atoms with Gasteiger partial charge in [0.2, 0.25) is 0 Å². The highest BCUT2D eigenvalue weighted by Crippen LogP contribution is 2.48. The average Bonchev–Trinajstić information content (AvgIpc) is 2.64. The molecule has 0 spiro atoms. The Bertz CT molecular complexity index is 989. The van der Waals surface area contributed by atoms with Crippen LogP contribution in [0.2, 0.25) is 0 Å². The van der Waals surface area contributed by atoms with Crippen molar-refractivity contribution in [1.82, 2.24) is 0 Å². The lowest BCUT2D eigenvalue weighted by molar-refractivity contribution is -0.892. The molecule has 0 radical (unpaired) electrons. The number of likely N-dealkylation sites (tertiary alicyclic amines) is 1. The number of rotatable bonds is 4. The van der Waals surface area contributed by atoms with Crippen molar-refractivity contribution in [2.24, 2.45) is 0 Å². The second-order valence-electron chi connectivity index (χ2n) is 7.96. The van der Waals surface area contributed by atoms with Crippen molar-refractivity contribution < 1.29 is 13.1 Å². The van der Waals surface area contributed by atoms with Crippen molar-refractivity contribution in [2.75, 3.05) is 31.3 Å². The maximum Gasteiger partial charge on any atom is 0.175 e. The van der Waals surface area contributed by atoms with Crippen LogP contribution in [0.1, 0.15) is 25.7 Å². The van der Waals surface area contributed by atoms with Gasteiger partial charge in [0.1, 0.15) is 0 Å². The summed E-state index contributed by atoms with van der Waals surface area (Å²) in [4.78, 5) is 4.74. The van der Waals surface area contributed by atoms with E-state index >= 15 is 0 Å². The lowest BCUT2D eigenvalue weighted by Gasteiger charge is -2.49. The summed E-state index contributed by atoms with van der Waals surface area (Å²) in [6.07, 6.45) is 5.11. The summed E-state index contributed by atoms with van der Waals surface area (Å²) in [7, 11) is -1.49. The molecule has 150 valence electrons. The molecule has 5 nitrogen and oxygen atoms in total. The summed E-state index contributed by atoms with van der Waals surface area (Å²) in [5, 5.41) is 12.8. The van der Waals surface area contributed by atoms with Gasteiger partial charge in [0.25, 0.3) is 0 Å². The van der Waals surface area contributed by atoms with E-state index in [2.05, 4.69) is 17.0 Å². The van der Waals surface area contributed by atoms with E-state index in [1.807, 2.05) is 18.2 Å². The molecule has 0 N–H and O–H groups in total. The summed E-state index contributed by atoms with van der Waals surface area (Å²) < 4.78 is 24.0. The number of hydrogen-bond acceptors (Lipinski definition) is 5. The molecule has 28 heavy (non-hydrogen) atoms. The van der Waals surface area contributed by atoms with E-state index in [0.29, 0.717) is 18.0 Å². The number of benzene rings is 2. The predicted octanol–water partition coefficient (Wildman–Crippen LogP) is 4.58. The standard InChI is InChI=1S/C21H26N2O3S2/c1-23(24)14-6-5-7-16(23)12-13-22-18-8-3-4-9-20(18)27-21-11-10-17(15-19(21)22)28(2,25)26/h3-4,8-11,15-16H,5-7,12-14H2,1-2H3. The molecule has 1 fully saturated rings. The van der Waals surface area contributed by atoms with E-state index in [-0.39, 0.29) is 10.7 Å². The van der Waals surface area contributed by atoms with Crippen molar-refractivity contribution in [3.63, 3.8) is 0 Å². The summed E-state index contributed by atoms with van der Waals surface area (Å²) in [5.41, 5.74) is 2.00. The number of hydroxylamine groups is 3. The average molecular weight is 419 g/mol. The molecule has 0 bridgehead atoms. The van der Waals surface area contributed by atoms with Gasteiger partial charge in [-0.2, -0.15) is 0 Å². The van der Waals surface area contributed by atoms with Crippen LogP contribution in [-0.4, -0.2) is 45.5 Å². The Hall–Kier alpha value is -1.54. The Kier molecular flexibility index (Phi) is 5.20. The minimum Gasteiger partial charge on any atom is -0.633 e. The molecule has 0 saturated carbocycles. The summed E-state index contributed by atoms with van der Waals surface area (Å²) in [6, 6.07) is 13.6. The summed E-state index contributed by atoms with van der Waals surface area (Å²) >= 11 is 1.66. The molecular formula is C21H26N2O3S2. The van der Waals surface area contributed by atoms with Crippen LogP contribution in [0.4, 0.5) is 11.4 Å². The van der Waals surface area contributed by atoms with Gasteiger partial charge in [-0.15, -0.1) is 0 Å². The van der Waals surface area contributed by atoms with Crippen LogP contribution in [-0.2, 0) is 9.84 Å². The maximum atomic E-state index is 12.8. The summed E-state index contributed by atoms with van der Waals surface area (Å²) in [6.45, 7) is 1.39. The van der Waals surface area contributed by atoms with Crippen LogP contribution in [0.25, 0.3) is 0 Å². The molecule has 2 heterocycles. The van der Waals surface area contributed by atoms with E-state index in [0.717, 1.165) is 46.8 Å². The molecule has 2 unspecified atom stereocenters. The fraction of sp³-hybridized carbons (Fsp3) is 0.429. The monoisotopic (exact) mass is 418 g/mol. The quantitative estimate of drug-likeness (QED) is 0.537. The Balaban J connectivity index is 1.69. The molecule has 4 rings (SSSR count). The number of fused-ring (bicyclic) bond motifs is 2. The van der Waals surface area contributed by atoms with E-state index in [1.54, 1.807) is 30.9 Å². The first kappa shape index (κ1) is 19.8. The van der Waals surface area contributed by atoms with Gasteiger partial charge in [0.15, 0.2) is 9.84 Å². The lowest BCUT2D eigenvalue weighted by Crippen LogP contribution is -2.51. The van der Waals surface area contributed by atoms with Gasteiger partial charge in [-0.05, 0) is 49.6 Å². The number of nitrogens with zero attached hydrogens (tertiary/aromatic N) is 2. The minimum absolute atomic E-state index is 0.0945. The van der Waals surface area contributed by atoms with Crippen LogP contribution in [0.3, 0.4) is 0 Å². The zero-order chi connectivity index (χ0) is 19.9. The van der Waals surface area contributed by atoms with E-state index in [1.165, 1.54) is 6.26 Å². The molecule has 0 aromatic heterocycles. The first-order valence-electron chi connectivity index (χ1n) is 9.70. The van der Waals surface area contributed by atoms with Gasteiger partial charge in [0, 0.05) is 29.0 Å². The number of anilines is 2. The Morgan fingerprint density at radius 2 is 1.89 bits per heavy atom. The first-order chi connectivity index (χ1) is 13.3. The van der Waals surface area contributed by atoms with Gasteiger partial charge in [-0.3, -0.25) is 0 Å². The van der Waals surface area contributed by atoms with Gasteiger partial charge in [-0.1, -0.05) is 23.9 Å². The minimum atomic E-state index is -3.28. The molecule has 1 saturated heterocycles. The Morgan fingerprint density at radius 3 is 2.64 bits per heavy atom. The zero-order valence-corrected chi connectivity index (χ0v) is 17.9. The van der Waals surface area contributed by atoms with Crippen molar-refractivity contribution in [3.8, 4) is 0 Å². The third-order valence-electron chi connectivity index (χ3n) is 5.87. The molecular weight excluding hydrogens is 392 g/mol. The first-order valence-corrected chi connectivity index (χ1v) is 12.4. The third kappa shape index (κ3) is 3.81. The van der Waals surface area contributed by atoms with Gasteiger partial charge < -0.3 is 14.8 Å².